The van der Waals surface area contributed by atoms with Gasteiger partial charge in [0, 0.05) is 15.7 Å². The monoisotopic (exact) mass is 261 g/mol. The van der Waals surface area contributed by atoms with Crippen LogP contribution in [0.3, 0.4) is 0 Å². The third kappa shape index (κ3) is 2.21. The first-order valence-corrected chi connectivity index (χ1v) is 5.58. The summed E-state index contributed by atoms with van der Waals surface area (Å²) in [6, 6.07) is 14.3. The van der Waals surface area contributed by atoms with Gasteiger partial charge in [-0.3, -0.25) is 0 Å². The van der Waals surface area contributed by atoms with Crippen molar-refractivity contribution in [3.05, 3.63) is 52.5 Å². The molecule has 0 heterocycles. The van der Waals surface area contributed by atoms with Gasteiger partial charge in [-0.2, -0.15) is 0 Å². The second-order valence-electron chi connectivity index (χ2n) is 3.60. The van der Waals surface area contributed by atoms with E-state index in [4.69, 9.17) is 5.73 Å². The lowest BCUT2D eigenvalue weighted by Crippen LogP contribution is -1.89. The van der Waals surface area contributed by atoms with Crippen LogP contribution in [0.5, 0.6) is 0 Å². The van der Waals surface area contributed by atoms with Crippen LogP contribution in [0.1, 0.15) is 5.56 Å². The van der Waals surface area contributed by atoms with Crippen LogP contribution in [0.4, 0.5) is 5.69 Å². The molecule has 0 unspecified atom stereocenters. The Morgan fingerprint density at radius 1 is 1.00 bits per heavy atom. The van der Waals surface area contributed by atoms with Gasteiger partial charge in [-0.15, -0.1) is 0 Å². The molecule has 0 saturated heterocycles. The van der Waals surface area contributed by atoms with Gasteiger partial charge in [0.25, 0.3) is 0 Å². The Morgan fingerprint density at radius 3 is 2.33 bits per heavy atom. The summed E-state index contributed by atoms with van der Waals surface area (Å²) in [6.45, 7) is 2.08. The molecule has 2 rings (SSSR count). The van der Waals surface area contributed by atoms with Crippen molar-refractivity contribution in [1.82, 2.24) is 0 Å². The van der Waals surface area contributed by atoms with Crippen LogP contribution >= 0.6 is 15.9 Å². The molecule has 0 amide bonds. The highest BCUT2D eigenvalue weighted by molar-refractivity contribution is 9.10. The number of hydrogen-bond acceptors (Lipinski definition) is 1. The van der Waals surface area contributed by atoms with Gasteiger partial charge in [0.2, 0.25) is 0 Å². The quantitative estimate of drug-likeness (QED) is 0.772. The second kappa shape index (κ2) is 4.07. The molecule has 0 aliphatic heterocycles. The molecule has 2 N–H and O–H groups in total. The Morgan fingerprint density at radius 2 is 1.67 bits per heavy atom. The van der Waals surface area contributed by atoms with E-state index in [2.05, 4.69) is 47.1 Å². The first-order chi connectivity index (χ1) is 7.16. The largest absolute Gasteiger partial charge is 0.398 e. The number of rotatable bonds is 1. The molecule has 76 valence electrons. The van der Waals surface area contributed by atoms with E-state index in [1.807, 2.05) is 18.2 Å². The molecule has 2 heteroatoms. The van der Waals surface area contributed by atoms with E-state index in [0.29, 0.717) is 0 Å². The third-order valence-electron chi connectivity index (χ3n) is 2.38. The first kappa shape index (κ1) is 10.2. The van der Waals surface area contributed by atoms with E-state index in [1.165, 1.54) is 5.56 Å². The van der Waals surface area contributed by atoms with Crippen LogP contribution in [-0.2, 0) is 0 Å². The topological polar surface area (TPSA) is 26.0 Å². The van der Waals surface area contributed by atoms with Crippen molar-refractivity contribution in [2.45, 2.75) is 6.92 Å². The van der Waals surface area contributed by atoms with Gasteiger partial charge in [-0.1, -0.05) is 45.8 Å². The molecule has 0 aliphatic rings. The van der Waals surface area contributed by atoms with Crippen LogP contribution in [0.15, 0.2) is 46.9 Å². The number of hydrogen-bond donors (Lipinski definition) is 1. The van der Waals surface area contributed by atoms with Gasteiger partial charge in [-0.05, 0) is 30.7 Å². The number of nitrogen functional groups attached to an aromatic ring is 1. The lowest BCUT2D eigenvalue weighted by Gasteiger charge is -2.06. The SMILES string of the molecule is Cc1ccc(-c2cc(Br)ccc2N)cc1. The standard InChI is InChI=1S/C13H12BrN/c1-9-2-4-10(5-3-9)12-8-11(14)6-7-13(12)15/h2-8H,15H2,1H3. The van der Waals surface area contributed by atoms with E-state index in [9.17, 15) is 0 Å². The predicted molar refractivity (Wildman–Crippen MR) is 68.7 cm³/mol. The molecule has 0 fully saturated rings. The molecule has 0 radical (unpaired) electrons. The average molecular weight is 262 g/mol. The van der Waals surface area contributed by atoms with E-state index in [1.54, 1.807) is 0 Å². The number of benzene rings is 2. The Labute approximate surface area is 98.1 Å². The molecule has 2 aromatic carbocycles. The lowest BCUT2D eigenvalue weighted by molar-refractivity contribution is 1.47. The number of halogens is 1. The first-order valence-electron chi connectivity index (χ1n) is 4.79. The van der Waals surface area contributed by atoms with Crippen LogP contribution < -0.4 is 5.73 Å². The van der Waals surface area contributed by atoms with Gasteiger partial charge in [0.05, 0.1) is 0 Å². The van der Waals surface area contributed by atoms with Crippen LogP contribution in [0, 0.1) is 6.92 Å². The molecular weight excluding hydrogens is 250 g/mol. The zero-order valence-electron chi connectivity index (χ0n) is 8.50. The predicted octanol–water partition coefficient (Wildman–Crippen LogP) is 4.01. The average Bonchev–Trinajstić information content (AvgIpc) is 2.23. The fourth-order valence-electron chi connectivity index (χ4n) is 1.51. The van der Waals surface area contributed by atoms with Gasteiger partial charge in [-0.25, -0.2) is 0 Å². The Kier molecular flexibility index (Phi) is 2.78. The summed E-state index contributed by atoms with van der Waals surface area (Å²) in [5.74, 6) is 0. The number of aryl methyl sites for hydroxylation is 1. The van der Waals surface area contributed by atoms with Crippen molar-refractivity contribution >= 4 is 21.6 Å². The van der Waals surface area contributed by atoms with Crippen molar-refractivity contribution in [2.75, 3.05) is 5.73 Å². The zero-order valence-corrected chi connectivity index (χ0v) is 10.1. The summed E-state index contributed by atoms with van der Waals surface area (Å²) in [6.07, 6.45) is 0. The number of nitrogens with two attached hydrogens (primary N) is 1. The Hall–Kier alpha value is -1.28. The zero-order chi connectivity index (χ0) is 10.8. The molecular formula is C13H12BrN. The number of anilines is 1. The Bertz CT molecular complexity index is 474. The van der Waals surface area contributed by atoms with Gasteiger partial charge in [0.1, 0.15) is 0 Å². The molecule has 0 aromatic heterocycles. The molecule has 0 saturated carbocycles. The van der Waals surface area contributed by atoms with Crippen LogP contribution in [0.2, 0.25) is 0 Å². The summed E-state index contributed by atoms with van der Waals surface area (Å²) in [7, 11) is 0. The lowest BCUT2D eigenvalue weighted by atomic mass is 10.0. The fourth-order valence-corrected chi connectivity index (χ4v) is 1.87. The van der Waals surface area contributed by atoms with E-state index < -0.39 is 0 Å². The van der Waals surface area contributed by atoms with Gasteiger partial charge >= 0.3 is 0 Å². The minimum absolute atomic E-state index is 0.807. The van der Waals surface area contributed by atoms with E-state index in [0.717, 1.165) is 21.3 Å². The maximum atomic E-state index is 5.94. The summed E-state index contributed by atoms with van der Waals surface area (Å²) in [5, 5.41) is 0. The highest BCUT2D eigenvalue weighted by Gasteiger charge is 2.02. The molecule has 0 spiro atoms. The van der Waals surface area contributed by atoms with Crippen molar-refractivity contribution in [1.29, 1.82) is 0 Å². The summed E-state index contributed by atoms with van der Waals surface area (Å²) in [4.78, 5) is 0. The second-order valence-corrected chi connectivity index (χ2v) is 4.51. The molecule has 15 heavy (non-hydrogen) atoms. The summed E-state index contributed by atoms with van der Waals surface area (Å²) < 4.78 is 1.05. The smallest absolute Gasteiger partial charge is 0.0394 e. The van der Waals surface area contributed by atoms with Crippen LogP contribution in [0.25, 0.3) is 11.1 Å². The highest BCUT2D eigenvalue weighted by Crippen LogP contribution is 2.28. The normalized spacial score (nSPS) is 10.3. The molecule has 1 nitrogen and oxygen atoms in total. The highest BCUT2D eigenvalue weighted by atomic mass is 79.9. The maximum absolute atomic E-state index is 5.94. The molecule has 0 atom stereocenters. The fraction of sp³-hybridized carbons (Fsp3) is 0.0769. The van der Waals surface area contributed by atoms with Gasteiger partial charge in [0.15, 0.2) is 0 Å². The minimum atomic E-state index is 0.807. The molecule has 0 aliphatic carbocycles. The van der Waals surface area contributed by atoms with Crippen molar-refractivity contribution in [2.24, 2.45) is 0 Å². The third-order valence-corrected chi connectivity index (χ3v) is 2.87. The Balaban J connectivity index is 2.53. The maximum Gasteiger partial charge on any atom is 0.0394 e. The summed E-state index contributed by atoms with van der Waals surface area (Å²) in [5.41, 5.74) is 10.2. The minimum Gasteiger partial charge on any atom is -0.398 e. The van der Waals surface area contributed by atoms with Crippen molar-refractivity contribution < 1.29 is 0 Å². The van der Waals surface area contributed by atoms with E-state index >= 15 is 0 Å². The van der Waals surface area contributed by atoms with Crippen molar-refractivity contribution in [3.8, 4) is 11.1 Å². The van der Waals surface area contributed by atoms with Crippen LogP contribution in [-0.4, -0.2) is 0 Å². The molecule has 0 bridgehead atoms. The molecule has 2 aromatic rings. The summed E-state index contributed by atoms with van der Waals surface area (Å²) >= 11 is 3.45. The van der Waals surface area contributed by atoms with Gasteiger partial charge < -0.3 is 5.73 Å². The van der Waals surface area contributed by atoms with E-state index in [-0.39, 0.29) is 0 Å². The van der Waals surface area contributed by atoms with Crippen molar-refractivity contribution in [3.63, 3.8) is 0 Å².